The first-order valence-electron chi connectivity index (χ1n) is 12.1. The van der Waals surface area contributed by atoms with Crippen molar-refractivity contribution in [3.05, 3.63) is 65.4 Å². The van der Waals surface area contributed by atoms with Crippen LogP contribution in [0.4, 0.5) is 26.3 Å². The fraction of sp³-hybridized carbons (Fsp3) is 0.391. The van der Waals surface area contributed by atoms with Crippen molar-refractivity contribution in [3.63, 3.8) is 0 Å². The predicted octanol–water partition coefficient (Wildman–Crippen LogP) is -2.24. The van der Waals surface area contributed by atoms with Crippen LogP contribution >= 0.6 is 22.7 Å². The van der Waals surface area contributed by atoms with Crippen molar-refractivity contribution in [2.45, 2.75) is 45.5 Å². The van der Waals surface area contributed by atoms with Crippen LogP contribution in [0.2, 0.25) is 0 Å². The van der Waals surface area contributed by atoms with E-state index < -0.39 is 80.5 Å². The Labute approximate surface area is 300 Å². The summed E-state index contributed by atoms with van der Waals surface area (Å²) < 4.78 is 94.9. The Morgan fingerprint density at radius 1 is 0.778 bits per heavy atom. The van der Waals surface area contributed by atoms with Crippen LogP contribution in [0.3, 0.4) is 0 Å². The van der Waals surface area contributed by atoms with Gasteiger partial charge >= 0.3 is 83.4 Å². The molecule has 0 N–H and O–H groups in total. The van der Waals surface area contributed by atoms with Gasteiger partial charge in [0.05, 0.1) is 13.2 Å². The molecule has 0 fully saturated rings. The van der Waals surface area contributed by atoms with E-state index in [0.29, 0.717) is 22.7 Å². The first-order chi connectivity index (χ1) is 20.1. The fourth-order valence-corrected chi connectivity index (χ4v) is 5.49. The number of nitrogens with zero attached hydrogens (tertiary/aromatic N) is 6. The minimum atomic E-state index is -5.35. The second-order valence-corrected chi connectivity index (χ2v) is 10.1. The van der Waals surface area contributed by atoms with Gasteiger partial charge in [-0.2, -0.15) is 26.3 Å². The Bertz CT molecular complexity index is 1660. The fourth-order valence-electron chi connectivity index (χ4n) is 4.01. The topological polar surface area (TPSA) is 151 Å². The number of aromatic nitrogens is 6. The number of thiazole rings is 2. The molecule has 0 unspecified atom stereocenters. The van der Waals surface area contributed by atoms with Crippen molar-refractivity contribution in [2.75, 3.05) is 13.2 Å². The van der Waals surface area contributed by atoms with Gasteiger partial charge in [0.1, 0.15) is 0 Å². The summed E-state index contributed by atoms with van der Waals surface area (Å²) in [7, 11) is 0. The second kappa shape index (κ2) is 15.1. The van der Waals surface area contributed by atoms with E-state index in [0.717, 1.165) is 10.8 Å². The predicted molar refractivity (Wildman–Crippen MR) is 136 cm³/mol. The third-order valence-electron chi connectivity index (χ3n) is 5.71. The zero-order chi connectivity index (χ0) is 31.9. The Balaban J connectivity index is 0.00000353. The first kappa shape index (κ1) is 39.0. The molecule has 0 amide bonds. The molecule has 12 nitrogen and oxygen atoms in total. The normalized spacial score (nSPS) is 11.7. The van der Waals surface area contributed by atoms with Gasteiger partial charge in [0.2, 0.25) is 11.1 Å². The van der Waals surface area contributed by atoms with Crippen LogP contribution in [0.15, 0.2) is 20.3 Å². The quantitative estimate of drug-likeness (QED) is 0.107. The Morgan fingerprint density at radius 3 is 1.42 bits per heavy atom. The van der Waals surface area contributed by atoms with Gasteiger partial charge in [-0.3, -0.25) is 9.59 Å². The van der Waals surface area contributed by atoms with E-state index in [1.54, 1.807) is 0 Å². The van der Waals surface area contributed by atoms with Crippen molar-refractivity contribution >= 4 is 34.6 Å². The van der Waals surface area contributed by atoms with Crippen molar-refractivity contribution in [1.82, 2.24) is 29.5 Å². The van der Waals surface area contributed by atoms with Gasteiger partial charge in [-0.25, -0.2) is 19.6 Å². The molecule has 0 spiro atoms. The molecule has 0 aromatic carbocycles. The van der Waals surface area contributed by atoms with Crippen LogP contribution in [-0.4, -0.2) is 44.5 Å². The minimum absolute atomic E-state index is 0. The summed E-state index contributed by atoms with van der Waals surface area (Å²) >= 11 is 1.11. The number of carbonyl (C=O) groups excluding carboxylic acids is 2. The third kappa shape index (κ3) is 7.86. The van der Waals surface area contributed by atoms with Crippen molar-refractivity contribution < 1.29 is 105 Å². The van der Waals surface area contributed by atoms with Gasteiger partial charge in [0.15, 0.2) is 21.7 Å². The summed E-state index contributed by atoms with van der Waals surface area (Å²) in [5, 5.41) is 7.79. The SMILES string of the molecule is CCOC(=O)c1csc(-n2[n-]c(C(F)(F)F)c(C(CC)c3c(C(F)(F)F)[n-]n(-c4nc(C(=O)OCC)cs4)c3=O)c2=O)n1.[Na+].[Na+]. The largest absolute Gasteiger partial charge is 1.00 e. The molecular weight excluding hydrogens is 680 g/mol. The van der Waals surface area contributed by atoms with Crippen LogP contribution in [0.1, 0.15) is 76.6 Å². The second-order valence-electron chi connectivity index (χ2n) is 8.39. The standard InChI is InChI=1S/C23H20F6N6O6S2.2Na/c1-4-9(12-14(22(24,25)26)32-34(16(12)36)20-30-10(7-42-20)18(38)40-5-2)13-15(23(27,28)29)33-35(17(13)37)21-31-11(8-43-21)19(39)41-6-3;;/h7-9H,4-6H2,1-3H3,(H2,32,33,36,37);;/q;2*+1/p-2. The molecule has 0 bridgehead atoms. The Hall–Kier alpha value is -2.20. The van der Waals surface area contributed by atoms with Crippen LogP contribution in [-0.2, 0) is 21.8 Å². The molecule has 0 aliphatic carbocycles. The van der Waals surface area contributed by atoms with E-state index in [9.17, 15) is 45.5 Å². The Morgan fingerprint density at radius 2 is 1.13 bits per heavy atom. The molecule has 0 saturated carbocycles. The van der Waals surface area contributed by atoms with Crippen LogP contribution in [0.25, 0.3) is 10.3 Å². The van der Waals surface area contributed by atoms with Crippen LogP contribution < -0.4 is 80.4 Å². The smallest absolute Gasteiger partial charge is 0.581 e. The van der Waals surface area contributed by atoms with Crippen molar-refractivity contribution in [1.29, 1.82) is 0 Å². The van der Waals surface area contributed by atoms with Crippen molar-refractivity contribution in [2.24, 2.45) is 0 Å². The molecule has 0 radical (unpaired) electrons. The summed E-state index contributed by atoms with van der Waals surface area (Å²) in [5.41, 5.74) is -9.91. The van der Waals surface area contributed by atoms with E-state index in [2.05, 4.69) is 20.2 Å². The molecule has 4 rings (SSSR count). The maximum absolute atomic E-state index is 14.2. The molecular formula is C23H18F6N6Na2O6S2. The molecule has 0 atom stereocenters. The third-order valence-corrected chi connectivity index (χ3v) is 7.35. The molecule has 4 aromatic heterocycles. The van der Waals surface area contributed by atoms with E-state index in [1.807, 2.05) is 0 Å². The number of hydrogen-bond acceptors (Lipinski definition) is 10. The minimum Gasteiger partial charge on any atom is -0.581 e. The van der Waals surface area contributed by atoms with Gasteiger partial charge in [0.25, 0.3) is 0 Å². The first-order valence-corrected chi connectivity index (χ1v) is 13.9. The number of carbonyl (C=O) groups is 2. The molecule has 4 heterocycles. The van der Waals surface area contributed by atoms with Gasteiger partial charge in [-0.05, 0) is 31.7 Å². The van der Waals surface area contributed by atoms with Crippen LogP contribution in [0.5, 0.6) is 0 Å². The van der Waals surface area contributed by atoms with Gasteiger partial charge in [-0.15, -0.1) is 22.7 Å². The van der Waals surface area contributed by atoms with Gasteiger partial charge < -0.3 is 29.0 Å². The van der Waals surface area contributed by atoms with Gasteiger partial charge in [0, 0.05) is 27.8 Å². The molecule has 0 aliphatic rings. The molecule has 0 aliphatic heterocycles. The molecule has 4 aromatic rings. The maximum atomic E-state index is 14.2. The average Bonchev–Trinajstić information content (AvgIpc) is 3.70. The summed E-state index contributed by atoms with van der Waals surface area (Å²) in [4.78, 5) is 58.2. The molecule has 0 saturated heterocycles. The number of alkyl halides is 6. The summed E-state index contributed by atoms with van der Waals surface area (Å²) in [6.07, 6.45) is -11.3. The number of hydrogen-bond donors (Lipinski definition) is 0. The van der Waals surface area contributed by atoms with E-state index in [4.69, 9.17) is 9.47 Å². The maximum Gasteiger partial charge on any atom is 1.00 e. The van der Waals surface area contributed by atoms with Crippen molar-refractivity contribution in [3.8, 4) is 10.3 Å². The number of esters is 2. The molecule has 232 valence electrons. The van der Waals surface area contributed by atoms with Gasteiger partial charge in [-0.1, -0.05) is 6.92 Å². The Kier molecular flexibility index (Phi) is 13.1. The summed E-state index contributed by atoms with van der Waals surface area (Å²) in [6, 6.07) is 0. The monoisotopic (exact) mass is 698 g/mol. The summed E-state index contributed by atoms with van der Waals surface area (Å²) in [6.45, 7) is 4.08. The zero-order valence-electron chi connectivity index (χ0n) is 24.1. The van der Waals surface area contributed by atoms with E-state index >= 15 is 0 Å². The van der Waals surface area contributed by atoms with E-state index in [1.165, 1.54) is 20.8 Å². The summed E-state index contributed by atoms with van der Waals surface area (Å²) in [5.74, 6) is -3.96. The molecule has 45 heavy (non-hydrogen) atoms. The van der Waals surface area contributed by atoms with Crippen LogP contribution in [0, 0.1) is 0 Å². The average molecular weight is 699 g/mol. The molecule has 22 heteroatoms. The number of ether oxygens (including phenoxy) is 2. The van der Waals surface area contributed by atoms with E-state index in [-0.39, 0.29) is 93.1 Å². The number of halogens is 6. The number of rotatable bonds is 9. The zero-order valence-corrected chi connectivity index (χ0v) is 29.7.